The fourth-order valence-electron chi connectivity index (χ4n) is 3.24. The summed E-state index contributed by atoms with van der Waals surface area (Å²) in [6.45, 7) is 2.89. The van der Waals surface area contributed by atoms with Crippen LogP contribution in [0.25, 0.3) is 0 Å². The quantitative estimate of drug-likeness (QED) is 0.771. The Bertz CT molecular complexity index is 722. The summed E-state index contributed by atoms with van der Waals surface area (Å²) in [5.74, 6) is -0.0533. The molecule has 0 bridgehead atoms. The molecule has 2 saturated heterocycles. The third-order valence-corrected chi connectivity index (χ3v) is 7.50. The van der Waals surface area contributed by atoms with E-state index in [0.29, 0.717) is 39.1 Å². The van der Waals surface area contributed by atoms with Crippen molar-refractivity contribution < 1.29 is 17.9 Å². The van der Waals surface area contributed by atoms with E-state index in [0.717, 1.165) is 0 Å². The van der Waals surface area contributed by atoms with Crippen LogP contribution in [-0.4, -0.2) is 62.9 Å². The van der Waals surface area contributed by atoms with Crippen LogP contribution in [0.5, 0.6) is 0 Å². The summed E-state index contributed by atoms with van der Waals surface area (Å²) >= 11 is 12.1. The van der Waals surface area contributed by atoms with Gasteiger partial charge in [0.15, 0.2) is 0 Å². The molecule has 2 heterocycles. The summed E-state index contributed by atoms with van der Waals surface area (Å²) in [6, 6.07) is 4.63. The van der Waals surface area contributed by atoms with Crippen LogP contribution in [0.4, 0.5) is 0 Å². The predicted molar refractivity (Wildman–Crippen MR) is 95.3 cm³/mol. The van der Waals surface area contributed by atoms with E-state index in [9.17, 15) is 13.2 Å². The first kappa shape index (κ1) is 18.9. The summed E-state index contributed by atoms with van der Waals surface area (Å²) < 4.78 is 32.3. The standard InChI is InChI=1S/C16H20Cl2N2O4S/c17-13-2-1-3-14(18)15(13)25(22,23)20-6-4-12(5-7-20)16(21)19-8-10-24-11-9-19/h1-3,12H,4-11H2. The molecule has 0 N–H and O–H groups in total. The van der Waals surface area contributed by atoms with Gasteiger partial charge in [-0.1, -0.05) is 29.3 Å². The molecule has 6 nitrogen and oxygen atoms in total. The summed E-state index contributed by atoms with van der Waals surface area (Å²) in [7, 11) is -3.77. The lowest BCUT2D eigenvalue weighted by molar-refractivity contribution is -0.140. The Morgan fingerprint density at radius 3 is 2.16 bits per heavy atom. The summed E-state index contributed by atoms with van der Waals surface area (Å²) in [5, 5.41) is 0.220. The number of nitrogens with zero attached hydrogens (tertiary/aromatic N) is 2. The minimum absolute atomic E-state index is 0.0590. The lowest BCUT2D eigenvalue weighted by Crippen LogP contribution is -2.47. The van der Waals surface area contributed by atoms with Crippen LogP contribution >= 0.6 is 23.2 Å². The van der Waals surface area contributed by atoms with Crippen molar-refractivity contribution in [1.29, 1.82) is 0 Å². The predicted octanol–water partition coefficient (Wildman–Crippen LogP) is 2.25. The molecule has 9 heteroatoms. The first-order valence-electron chi connectivity index (χ1n) is 8.22. The zero-order chi connectivity index (χ0) is 18.0. The Hall–Kier alpha value is -0.860. The molecule has 2 fully saturated rings. The van der Waals surface area contributed by atoms with Crippen LogP contribution in [0.3, 0.4) is 0 Å². The van der Waals surface area contributed by atoms with Crippen LogP contribution < -0.4 is 0 Å². The van der Waals surface area contributed by atoms with Gasteiger partial charge in [-0.15, -0.1) is 0 Å². The zero-order valence-electron chi connectivity index (χ0n) is 13.7. The fraction of sp³-hybridized carbons (Fsp3) is 0.562. The van der Waals surface area contributed by atoms with Crippen molar-refractivity contribution in [3.8, 4) is 0 Å². The maximum absolute atomic E-state index is 12.9. The topological polar surface area (TPSA) is 66.9 Å². The molecule has 138 valence electrons. The molecule has 0 unspecified atom stereocenters. The monoisotopic (exact) mass is 406 g/mol. The molecule has 0 saturated carbocycles. The molecular formula is C16H20Cl2N2O4S. The molecule has 0 aliphatic carbocycles. The Morgan fingerprint density at radius 1 is 1.04 bits per heavy atom. The number of ether oxygens (including phenoxy) is 1. The van der Waals surface area contributed by atoms with Gasteiger partial charge in [0.05, 0.1) is 23.3 Å². The van der Waals surface area contributed by atoms with Crippen molar-refractivity contribution >= 4 is 39.1 Å². The third kappa shape index (κ3) is 3.95. The number of halogens is 2. The maximum Gasteiger partial charge on any atom is 0.246 e. The van der Waals surface area contributed by atoms with Crippen LogP contribution in [0.1, 0.15) is 12.8 Å². The van der Waals surface area contributed by atoms with Crippen molar-refractivity contribution in [2.45, 2.75) is 17.7 Å². The van der Waals surface area contributed by atoms with Gasteiger partial charge < -0.3 is 9.64 Å². The molecule has 1 amide bonds. The van der Waals surface area contributed by atoms with Crippen molar-refractivity contribution in [1.82, 2.24) is 9.21 Å². The average molecular weight is 407 g/mol. The molecule has 0 spiro atoms. The number of benzene rings is 1. The van der Waals surface area contributed by atoms with E-state index in [1.807, 2.05) is 4.90 Å². The van der Waals surface area contributed by atoms with Crippen molar-refractivity contribution in [2.75, 3.05) is 39.4 Å². The number of sulfonamides is 1. The van der Waals surface area contributed by atoms with Gasteiger partial charge in [0.2, 0.25) is 15.9 Å². The minimum atomic E-state index is -3.77. The van der Waals surface area contributed by atoms with Gasteiger partial charge in [0.25, 0.3) is 0 Å². The molecule has 2 aliphatic rings. The smallest absolute Gasteiger partial charge is 0.246 e. The second kappa shape index (κ2) is 7.80. The highest BCUT2D eigenvalue weighted by molar-refractivity contribution is 7.89. The number of rotatable bonds is 3. The minimum Gasteiger partial charge on any atom is -0.378 e. The van der Waals surface area contributed by atoms with Gasteiger partial charge in [-0.25, -0.2) is 8.42 Å². The van der Waals surface area contributed by atoms with Gasteiger partial charge in [-0.3, -0.25) is 4.79 Å². The molecule has 1 aromatic rings. The van der Waals surface area contributed by atoms with Gasteiger partial charge in [-0.05, 0) is 25.0 Å². The van der Waals surface area contributed by atoms with E-state index in [1.54, 1.807) is 6.07 Å². The number of carbonyl (C=O) groups is 1. The van der Waals surface area contributed by atoms with E-state index >= 15 is 0 Å². The normalized spacial score (nSPS) is 20.6. The molecular weight excluding hydrogens is 387 g/mol. The highest BCUT2D eigenvalue weighted by Gasteiger charge is 2.35. The molecule has 0 radical (unpaired) electrons. The first-order valence-corrected chi connectivity index (χ1v) is 10.4. The number of carbonyl (C=O) groups excluding carboxylic acids is 1. The molecule has 0 aromatic heterocycles. The average Bonchev–Trinajstić information content (AvgIpc) is 2.61. The van der Waals surface area contributed by atoms with Crippen molar-refractivity contribution in [2.24, 2.45) is 5.92 Å². The number of hydrogen-bond donors (Lipinski definition) is 0. The Morgan fingerprint density at radius 2 is 1.60 bits per heavy atom. The Balaban J connectivity index is 1.68. The van der Waals surface area contributed by atoms with Crippen LogP contribution in [-0.2, 0) is 19.6 Å². The number of hydrogen-bond acceptors (Lipinski definition) is 4. The number of morpholine rings is 1. The second-order valence-corrected chi connectivity index (χ2v) is 8.86. The lowest BCUT2D eigenvalue weighted by atomic mass is 9.96. The molecule has 0 atom stereocenters. The van der Waals surface area contributed by atoms with Gasteiger partial charge in [-0.2, -0.15) is 4.31 Å². The SMILES string of the molecule is O=C(C1CCN(S(=O)(=O)c2c(Cl)cccc2Cl)CC1)N1CCOCC1. The van der Waals surface area contributed by atoms with E-state index in [2.05, 4.69) is 0 Å². The maximum atomic E-state index is 12.9. The Labute approximate surface area is 157 Å². The highest BCUT2D eigenvalue weighted by atomic mass is 35.5. The first-order chi connectivity index (χ1) is 11.9. The molecule has 25 heavy (non-hydrogen) atoms. The summed E-state index contributed by atoms with van der Waals surface area (Å²) in [4.78, 5) is 14.3. The molecule has 3 rings (SSSR count). The van der Waals surface area contributed by atoms with Gasteiger partial charge in [0, 0.05) is 32.1 Å². The largest absolute Gasteiger partial charge is 0.378 e. The molecule has 1 aromatic carbocycles. The number of amides is 1. The van der Waals surface area contributed by atoms with E-state index in [1.165, 1.54) is 16.4 Å². The second-order valence-electron chi connectivity index (χ2n) is 6.17. The third-order valence-electron chi connectivity index (χ3n) is 4.64. The summed E-state index contributed by atoms with van der Waals surface area (Å²) in [5.41, 5.74) is 0. The van der Waals surface area contributed by atoms with Crippen LogP contribution in [0, 0.1) is 5.92 Å². The van der Waals surface area contributed by atoms with Crippen LogP contribution in [0.15, 0.2) is 23.1 Å². The fourth-order valence-corrected chi connectivity index (χ4v) is 5.80. The van der Waals surface area contributed by atoms with Crippen molar-refractivity contribution in [3.05, 3.63) is 28.2 Å². The van der Waals surface area contributed by atoms with E-state index in [-0.39, 0.29) is 39.9 Å². The van der Waals surface area contributed by atoms with Gasteiger partial charge >= 0.3 is 0 Å². The summed E-state index contributed by atoms with van der Waals surface area (Å²) in [6.07, 6.45) is 0.995. The van der Waals surface area contributed by atoms with E-state index in [4.69, 9.17) is 27.9 Å². The Kier molecular flexibility index (Phi) is 5.90. The highest BCUT2D eigenvalue weighted by Crippen LogP contribution is 2.33. The van der Waals surface area contributed by atoms with Crippen molar-refractivity contribution in [3.63, 3.8) is 0 Å². The lowest BCUT2D eigenvalue weighted by Gasteiger charge is -2.35. The zero-order valence-corrected chi connectivity index (χ0v) is 16.0. The van der Waals surface area contributed by atoms with E-state index < -0.39 is 10.0 Å². The molecule has 2 aliphatic heterocycles. The van der Waals surface area contributed by atoms with Gasteiger partial charge in [0.1, 0.15) is 4.90 Å². The van der Waals surface area contributed by atoms with Crippen LogP contribution in [0.2, 0.25) is 10.0 Å². The number of piperidine rings is 1.